The number of nitrogens with zero attached hydrogens (tertiary/aromatic N) is 4. The second kappa shape index (κ2) is 9.48. The van der Waals surface area contributed by atoms with Gasteiger partial charge < -0.3 is 0 Å². The molecule has 1 aromatic carbocycles. The van der Waals surface area contributed by atoms with Gasteiger partial charge in [0, 0.05) is 43.2 Å². The minimum atomic E-state index is 0.0737. The van der Waals surface area contributed by atoms with E-state index < -0.39 is 0 Å². The summed E-state index contributed by atoms with van der Waals surface area (Å²) in [5, 5.41) is 4.31. The van der Waals surface area contributed by atoms with Crippen LogP contribution in [0.4, 0.5) is 0 Å². The van der Waals surface area contributed by atoms with Gasteiger partial charge in [0.25, 0.3) is 0 Å². The van der Waals surface area contributed by atoms with Crippen molar-refractivity contribution in [3.8, 4) is 0 Å². The van der Waals surface area contributed by atoms with Gasteiger partial charge in [-0.25, -0.2) is 0 Å². The zero-order valence-electron chi connectivity index (χ0n) is 16.8. The van der Waals surface area contributed by atoms with Crippen molar-refractivity contribution < 1.29 is 0 Å². The topological polar surface area (TPSA) is 33.4 Å². The molecule has 0 atom stereocenters. The van der Waals surface area contributed by atoms with E-state index in [1.807, 2.05) is 29.2 Å². The molecule has 0 radical (unpaired) electrons. The molecule has 0 aliphatic heterocycles. The largest absolute Gasteiger partial charge is 0.291 e. The number of rotatable bonds is 8. The molecule has 1 heterocycles. The highest BCUT2D eigenvalue weighted by molar-refractivity contribution is 5.85. The van der Waals surface area contributed by atoms with E-state index in [4.69, 9.17) is 4.99 Å². The van der Waals surface area contributed by atoms with Gasteiger partial charge in [0.15, 0.2) is 0 Å². The van der Waals surface area contributed by atoms with E-state index in [2.05, 4.69) is 75.0 Å². The molecule has 0 aliphatic carbocycles. The second-order valence-corrected chi connectivity index (χ2v) is 7.65. The summed E-state index contributed by atoms with van der Waals surface area (Å²) in [6, 6.07) is 12.5. The smallest absolute Gasteiger partial charge is 0.0536 e. The lowest BCUT2D eigenvalue weighted by Crippen LogP contribution is -2.44. The molecular formula is C22H32N4. The Balaban J connectivity index is 2.02. The predicted octanol–water partition coefficient (Wildman–Crippen LogP) is 4.59. The first kappa shape index (κ1) is 20.1. The molecule has 140 valence electrons. The van der Waals surface area contributed by atoms with Crippen molar-refractivity contribution in [3.63, 3.8) is 0 Å². The Labute approximate surface area is 158 Å². The molecule has 0 bridgehead atoms. The first-order valence-corrected chi connectivity index (χ1v) is 9.34. The summed E-state index contributed by atoms with van der Waals surface area (Å²) >= 11 is 0. The van der Waals surface area contributed by atoms with Crippen LogP contribution in [0.5, 0.6) is 0 Å². The summed E-state index contributed by atoms with van der Waals surface area (Å²) in [5.74, 6) is 0. The van der Waals surface area contributed by atoms with Crippen molar-refractivity contribution in [1.82, 2.24) is 14.7 Å². The van der Waals surface area contributed by atoms with Crippen LogP contribution in [0.15, 0.2) is 65.6 Å². The first-order valence-electron chi connectivity index (χ1n) is 9.34. The van der Waals surface area contributed by atoms with Crippen LogP contribution >= 0.6 is 0 Å². The molecule has 2 rings (SSSR count). The fourth-order valence-corrected chi connectivity index (χ4v) is 2.87. The van der Waals surface area contributed by atoms with Crippen molar-refractivity contribution in [3.05, 3.63) is 66.1 Å². The number of benzene rings is 1. The van der Waals surface area contributed by atoms with Gasteiger partial charge in [-0.2, -0.15) is 5.10 Å². The number of hydrogen-bond acceptors (Lipinski definition) is 3. The summed E-state index contributed by atoms with van der Waals surface area (Å²) < 4.78 is 1.98. The quantitative estimate of drug-likeness (QED) is 0.651. The monoisotopic (exact) mass is 352 g/mol. The molecule has 26 heavy (non-hydrogen) atoms. The van der Waals surface area contributed by atoms with Gasteiger partial charge in [-0.05, 0) is 46.2 Å². The van der Waals surface area contributed by atoms with Crippen molar-refractivity contribution in [1.29, 1.82) is 0 Å². The molecule has 0 spiro atoms. The maximum Gasteiger partial charge on any atom is 0.0536 e. The van der Waals surface area contributed by atoms with Crippen molar-refractivity contribution in [2.45, 2.75) is 53.1 Å². The Bertz CT molecular complexity index is 706. The number of aliphatic imine (C=N–C) groups is 1. The van der Waals surface area contributed by atoms with E-state index in [1.165, 1.54) is 5.56 Å². The number of allylic oxidation sites excluding steroid dienone is 1. The Morgan fingerprint density at radius 3 is 2.50 bits per heavy atom. The van der Waals surface area contributed by atoms with Gasteiger partial charge in [-0.1, -0.05) is 36.4 Å². The van der Waals surface area contributed by atoms with E-state index in [9.17, 15) is 0 Å². The van der Waals surface area contributed by atoms with E-state index >= 15 is 0 Å². The van der Waals surface area contributed by atoms with E-state index in [1.54, 1.807) is 0 Å². The number of aromatic nitrogens is 2. The van der Waals surface area contributed by atoms with Crippen LogP contribution in [-0.4, -0.2) is 39.0 Å². The van der Waals surface area contributed by atoms with E-state index in [0.717, 1.165) is 37.5 Å². The third-order valence-electron chi connectivity index (χ3n) is 4.43. The maximum atomic E-state index is 4.90. The van der Waals surface area contributed by atoms with Gasteiger partial charge in [0.2, 0.25) is 0 Å². The molecule has 4 heteroatoms. The van der Waals surface area contributed by atoms with Gasteiger partial charge in [-0.3, -0.25) is 14.6 Å². The van der Waals surface area contributed by atoms with Crippen molar-refractivity contribution in [2.24, 2.45) is 4.99 Å². The standard InChI is InChI=1S/C22H32N4/c1-6-21(24-19(2)17-20-11-8-7-9-12-20)18-25(22(3,4)5)15-16-26-14-10-13-23-26/h6-14H,15-18H2,1-5H3/b21-6-,24-19+. The van der Waals surface area contributed by atoms with E-state index in [-0.39, 0.29) is 5.54 Å². The predicted molar refractivity (Wildman–Crippen MR) is 111 cm³/mol. The molecule has 0 saturated heterocycles. The average Bonchev–Trinajstić information content (AvgIpc) is 3.10. The Morgan fingerprint density at radius 1 is 1.19 bits per heavy atom. The normalized spacial score (nSPS) is 13.5. The molecule has 0 N–H and O–H groups in total. The highest BCUT2D eigenvalue weighted by Crippen LogP contribution is 2.16. The molecule has 0 aliphatic rings. The summed E-state index contributed by atoms with van der Waals surface area (Å²) in [6.45, 7) is 13.6. The zero-order valence-corrected chi connectivity index (χ0v) is 16.8. The summed E-state index contributed by atoms with van der Waals surface area (Å²) in [6.07, 6.45) is 6.86. The molecule has 2 aromatic rings. The highest BCUT2D eigenvalue weighted by Gasteiger charge is 2.22. The minimum absolute atomic E-state index is 0.0737. The van der Waals surface area contributed by atoms with Gasteiger partial charge in [-0.15, -0.1) is 0 Å². The Hall–Kier alpha value is -2.20. The first-order chi connectivity index (χ1) is 12.4. The maximum absolute atomic E-state index is 4.90. The lowest BCUT2D eigenvalue weighted by atomic mass is 10.1. The van der Waals surface area contributed by atoms with Crippen LogP contribution in [0, 0.1) is 0 Å². The van der Waals surface area contributed by atoms with Crippen LogP contribution in [0.2, 0.25) is 0 Å². The average molecular weight is 353 g/mol. The van der Waals surface area contributed by atoms with Crippen LogP contribution in [0.3, 0.4) is 0 Å². The lowest BCUT2D eigenvalue weighted by molar-refractivity contribution is 0.142. The second-order valence-electron chi connectivity index (χ2n) is 7.65. The molecule has 1 aromatic heterocycles. The summed E-state index contributed by atoms with van der Waals surface area (Å²) in [5.41, 5.74) is 3.64. The molecular weight excluding hydrogens is 320 g/mol. The minimum Gasteiger partial charge on any atom is -0.291 e. The third kappa shape index (κ3) is 6.60. The van der Waals surface area contributed by atoms with Crippen LogP contribution in [-0.2, 0) is 13.0 Å². The summed E-state index contributed by atoms with van der Waals surface area (Å²) in [7, 11) is 0. The molecule has 0 fully saturated rings. The SMILES string of the molecule is C/C=C(CN(CCn1cccn1)C(C)(C)C)\N=C(/C)Cc1ccccc1. The van der Waals surface area contributed by atoms with Crippen LogP contribution < -0.4 is 0 Å². The third-order valence-corrected chi connectivity index (χ3v) is 4.43. The van der Waals surface area contributed by atoms with E-state index in [0.29, 0.717) is 0 Å². The molecule has 0 unspecified atom stereocenters. The Kier molecular flexibility index (Phi) is 7.34. The molecule has 4 nitrogen and oxygen atoms in total. The van der Waals surface area contributed by atoms with Gasteiger partial charge >= 0.3 is 0 Å². The Morgan fingerprint density at radius 2 is 1.92 bits per heavy atom. The molecule has 0 saturated carbocycles. The fourth-order valence-electron chi connectivity index (χ4n) is 2.87. The lowest BCUT2D eigenvalue weighted by Gasteiger charge is -2.35. The fraction of sp³-hybridized carbons (Fsp3) is 0.455. The molecule has 0 amide bonds. The number of hydrogen-bond donors (Lipinski definition) is 0. The summed E-state index contributed by atoms with van der Waals surface area (Å²) in [4.78, 5) is 7.36. The zero-order chi connectivity index (χ0) is 19.0. The van der Waals surface area contributed by atoms with Gasteiger partial charge in [0.1, 0.15) is 0 Å². The van der Waals surface area contributed by atoms with Crippen molar-refractivity contribution >= 4 is 5.71 Å². The van der Waals surface area contributed by atoms with Crippen molar-refractivity contribution in [2.75, 3.05) is 13.1 Å². The highest BCUT2D eigenvalue weighted by atomic mass is 15.3. The van der Waals surface area contributed by atoms with Crippen LogP contribution in [0.25, 0.3) is 0 Å². The van der Waals surface area contributed by atoms with Gasteiger partial charge in [0.05, 0.1) is 12.2 Å². The van der Waals surface area contributed by atoms with Crippen LogP contribution in [0.1, 0.15) is 40.2 Å².